The minimum Gasteiger partial charge on any atom is -0.496 e. The molecule has 19 heavy (non-hydrogen) atoms. The first kappa shape index (κ1) is 15.7. The molecule has 0 heterocycles. The van der Waals surface area contributed by atoms with Crippen molar-refractivity contribution in [2.75, 3.05) is 19.4 Å². The van der Waals surface area contributed by atoms with Gasteiger partial charge in [-0.25, -0.2) is 0 Å². The highest BCUT2D eigenvalue weighted by Gasteiger charge is 2.27. The number of methoxy groups -OCH3 is 1. The van der Waals surface area contributed by atoms with E-state index < -0.39 is 5.51 Å². The number of hydrogen-bond donors (Lipinski definition) is 1. The Morgan fingerprint density at radius 2 is 2.16 bits per heavy atom. The molecule has 0 bridgehead atoms. The maximum absolute atomic E-state index is 11.9. The maximum atomic E-state index is 11.9. The molecule has 0 atom stereocenters. The summed E-state index contributed by atoms with van der Waals surface area (Å²) in [6.45, 7) is 0.585. The SMILES string of the molecule is COc1ccc(C#N)cc1CNCCSC(F)(F)F. The molecule has 1 N–H and O–H groups in total. The number of ether oxygens (including phenoxy) is 1. The zero-order valence-electron chi connectivity index (χ0n) is 10.3. The largest absolute Gasteiger partial charge is 0.496 e. The van der Waals surface area contributed by atoms with Gasteiger partial charge in [-0.05, 0) is 30.0 Å². The third-order valence-electron chi connectivity index (χ3n) is 2.27. The molecule has 104 valence electrons. The first-order chi connectivity index (χ1) is 8.96. The van der Waals surface area contributed by atoms with E-state index in [1.807, 2.05) is 6.07 Å². The third kappa shape index (κ3) is 5.85. The van der Waals surface area contributed by atoms with Gasteiger partial charge in [0.2, 0.25) is 0 Å². The summed E-state index contributed by atoms with van der Waals surface area (Å²) in [6.07, 6.45) is 0. The predicted octanol–water partition coefficient (Wildman–Crippen LogP) is 2.91. The first-order valence-corrected chi connectivity index (χ1v) is 6.43. The van der Waals surface area contributed by atoms with E-state index in [4.69, 9.17) is 10.00 Å². The second-order valence-corrected chi connectivity index (χ2v) is 4.77. The van der Waals surface area contributed by atoms with Crippen molar-refractivity contribution in [1.29, 1.82) is 5.26 Å². The van der Waals surface area contributed by atoms with Crippen LogP contribution in [0.15, 0.2) is 18.2 Å². The van der Waals surface area contributed by atoms with Gasteiger partial charge in [0.1, 0.15) is 5.75 Å². The van der Waals surface area contributed by atoms with Gasteiger partial charge in [0.15, 0.2) is 0 Å². The number of nitrogens with one attached hydrogen (secondary N) is 1. The predicted molar refractivity (Wildman–Crippen MR) is 67.9 cm³/mol. The van der Waals surface area contributed by atoms with Crippen LogP contribution in [0.3, 0.4) is 0 Å². The Bertz CT molecular complexity index is 457. The fourth-order valence-corrected chi connectivity index (χ4v) is 1.93. The monoisotopic (exact) mass is 290 g/mol. The molecular formula is C12H13F3N2OS. The number of alkyl halides is 3. The standard InChI is InChI=1S/C12H13F3N2OS/c1-18-11-3-2-9(7-16)6-10(11)8-17-4-5-19-12(13,14)15/h2-3,6,17H,4-5,8H2,1H3. The van der Waals surface area contributed by atoms with Gasteiger partial charge in [0, 0.05) is 24.4 Å². The fraction of sp³-hybridized carbons (Fsp3) is 0.417. The summed E-state index contributed by atoms with van der Waals surface area (Å²) in [5, 5.41) is 11.7. The van der Waals surface area contributed by atoms with Crippen LogP contribution in [0.4, 0.5) is 13.2 Å². The summed E-state index contributed by atoms with van der Waals surface area (Å²) in [5.41, 5.74) is -2.96. The zero-order chi connectivity index (χ0) is 14.3. The fourth-order valence-electron chi connectivity index (χ4n) is 1.45. The second kappa shape index (κ2) is 7.26. The van der Waals surface area contributed by atoms with Crippen LogP contribution in [-0.4, -0.2) is 24.9 Å². The molecule has 0 radical (unpaired) electrons. The lowest BCUT2D eigenvalue weighted by Gasteiger charge is -2.10. The van der Waals surface area contributed by atoms with Crippen LogP contribution in [0.1, 0.15) is 11.1 Å². The van der Waals surface area contributed by atoms with Gasteiger partial charge in [-0.1, -0.05) is 0 Å². The molecule has 0 saturated carbocycles. The molecule has 0 aliphatic heterocycles. The molecule has 0 fully saturated rings. The van der Waals surface area contributed by atoms with Gasteiger partial charge in [0.05, 0.1) is 18.7 Å². The molecule has 1 rings (SSSR count). The van der Waals surface area contributed by atoms with Crippen molar-refractivity contribution in [1.82, 2.24) is 5.32 Å². The van der Waals surface area contributed by atoms with Gasteiger partial charge in [-0.3, -0.25) is 0 Å². The topological polar surface area (TPSA) is 45.0 Å². The van der Waals surface area contributed by atoms with Crippen molar-refractivity contribution < 1.29 is 17.9 Å². The van der Waals surface area contributed by atoms with E-state index in [2.05, 4.69) is 5.32 Å². The Balaban J connectivity index is 2.46. The lowest BCUT2D eigenvalue weighted by Crippen LogP contribution is -2.18. The minimum absolute atomic E-state index is 0.0518. The molecule has 0 amide bonds. The van der Waals surface area contributed by atoms with E-state index in [9.17, 15) is 13.2 Å². The van der Waals surface area contributed by atoms with Gasteiger partial charge in [-0.15, -0.1) is 0 Å². The van der Waals surface area contributed by atoms with Gasteiger partial charge >= 0.3 is 5.51 Å². The summed E-state index contributed by atoms with van der Waals surface area (Å²) in [7, 11) is 1.50. The Labute approximate surface area is 113 Å². The summed E-state index contributed by atoms with van der Waals surface area (Å²) in [5.74, 6) is 0.555. The third-order valence-corrected chi connectivity index (χ3v) is 3.01. The number of nitriles is 1. The Hall–Kier alpha value is -1.39. The van der Waals surface area contributed by atoms with E-state index >= 15 is 0 Å². The lowest BCUT2D eigenvalue weighted by molar-refractivity contribution is -0.0327. The molecule has 0 aliphatic rings. The molecule has 0 spiro atoms. The van der Waals surface area contributed by atoms with Crippen LogP contribution in [0, 0.1) is 11.3 Å². The Kier molecular flexibility index (Phi) is 5.99. The molecular weight excluding hydrogens is 277 g/mol. The molecule has 1 aromatic carbocycles. The quantitative estimate of drug-likeness (QED) is 0.818. The number of hydrogen-bond acceptors (Lipinski definition) is 4. The second-order valence-electron chi connectivity index (χ2n) is 3.61. The van der Waals surface area contributed by atoms with Crippen molar-refractivity contribution in [2.24, 2.45) is 0 Å². The number of halogens is 3. The Morgan fingerprint density at radius 1 is 1.42 bits per heavy atom. The van der Waals surface area contributed by atoms with Crippen molar-refractivity contribution in [3.8, 4) is 11.8 Å². The first-order valence-electron chi connectivity index (χ1n) is 5.44. The van der Waals surface area contributed by atoms with Crippen LogP contribution in [0.5, 0.6) is 5.75 Å². The zero-order valence-corrected chi connectivity index (χ0v) is 11.1. The average Bonchev–Trinajstić information content (AvgIpc) is 2.36. The molecule has 7 heteroatoms. The van der Waals surface area contributed by atoms with E-state index in [-0.39, 0.29) is 24.1 Å². The molecule has 0 unspecified atom stereocenters. The van der Waals surface area contributed by atoms with Crippen LogP contribution in [-0.2, 0) is 6.54 Å². The van der Waals surface area contributed by atoms with Crippen LogP contribution in [0.2, 0.25) is 0 Å². The van der Waals surface area contributed by atoms with Gasteiger partial charge in [0.25, 0.3) is 0 Å². The van der Waals surface area contributed by atoms with Crippen LogP contribution >= 0.6 is 11.8 Å². The van der Waals surface area contributed by atoms with E-state index in [1.54, 1.807) is 18.2 Å². The molecule has 0 aliphatic carbocycles. The van der Waals surface area contributed by atoms with Crippen molar-refractivity contribution in [3.05, 3.63) is 29.3 Å². The molecule has 1 aromatic rings. The average molecular weight is 290 g/mol. The van der Waals surface area contributed by atoms with Crippen molar-refractivity contribution in [2.45, 2.75) is 12.1 Å². The smallest absolute Gasteiger partial charge is 0.441 e. The number of rotatable bonds is 6. The summed E-state index contributed by atoms with van der Waals surface area (Å²) < 4.78 is 40.8. The molecule has 3 nitrogen and oxygen atoms in total. The van der Waals surface area contributed by atoms with E-state index in [1.165, 1.54) is 7.11 Å². The summed E-state index contributed by atoms with van der Waals surface area (Å²) in [6, 6.07) is 6.95. The number of benzene rings is 1. The van der Waals surface area contributed by atoms with Gasteiger partial charge in [-0.2, -0.15) is 18.4 Å². The highest BCUT2D eigenvalue weighted by molar-refractivity contribution is 8.00. The molecule has 0 saturated heterocycles. The van der Waals surface area contributed by atoms with Crippen molar-refractivity contribution >= 4 is 11.8 Å². The number of nitrogens with zero attached hydrogens (tertiary/aromatic N) is 1. The maximum Gasteiger partial charge on any atom is 0.441 e. The van der Waals surface area contributed by atoms with E-state index in [0.29, 0.717) is 17.9 Å². The summed E-state index contributed by atoms with van der Waals surface area (Å²) in [4.78, 5) is 0. The van der Waals surface area contributed by atoms with Gasteiger partial charge < -0.3 is 10.1 Å². The highest BCUT2D eigenvalue weighted by Crippen LogP contribution is 2.29. The minimum atomic E-state index is -4.19. The summed E-state index contributed by atoms with van der Waals surface area (Å²) >= 11 is -0.0598. The Morgan fingerprint density at radius 3 is 2.74 bits per heavy atom. The van der Waals surface area contributed by atoms with Crippen molar-refractivity contribution in [3.63, 3.8) is 0 Å². The molecule has 0 aromatic heterocycles. The van der Waals surface area contributed by atoms with Crippen LogP contribution < -0.4 is 10.1 Å². The highest BCUT2D eigenvalue weighted by atomic mass is 32.2. The normalized spacial score (nSPS) is 11.1. The number of thioether (sulfide) groups is 1. The van der Waals surface area contributed by atoms with Crippen LogP contribution in [0.25, 0.3) is 0 Å². The van der Waals surface area contributed by atoms with E-state index in [0.717, 1.165) is 5.56 Å². The lowest BCUT2D eigenvalue weighted by atomic mass is 10.1.